The molecule has 0 spiro atoms. The third kappa shape index (κ3) is 3.70. The summed E-state index contributed by atoms with van der Waals surface area (Å²) >= 11 is 3.43. The van der Waals surface area contributed by atoms with Gasteiger partial charge in [0.05, 0.1) is 12.7 Å². The summed E-state index contributed by atoms with van der Waals surface area (Å²) in [5.41, 5.74) is 2.02. The molecule has 0 bridgehead atoms. The van der Waals surface area contributed by atoms with Crippen LogP contribution in [0.1, 0.15) is 11.3 Å². The Hall–Kier alpha value is -1.62. The maximum absolute atomic E-state index is 11.7. The molecule has 0 atom stereocenters. The molecule has 0 radical (unpaired) electrons. The number of rotatable bonds is 5. The van der Waals surface area contributed by atoms with E-state index in [0.29, 0.717) is 13.0 Å². The molecule has 0 aliphatic rings. The van der Waals surface area contributed by atoms with E-state index in [2.05, 4.69) is 31.2 Å². The van der Waals surface area contributed by atoms with Gasteiger partial charge in [-0.3, -0.25) is 4.79 Å². The fourth-order valence-electron chi connectivity index (χ4n) is 1.64. The van der Waals surface area contributed by atoms with Gasteiger partial charge in [-0.1, -0.05) is 34.1 Å². The van der Waals surface area contributed by atoms with Gasteiger partial charge < -0.3 is 10.3 Å². The zero-order chi connectivity index (χ0) is 12.8. The van der Waals surface area contributed by atoms with Crippen LogP contribution in [-0.4, -0.2) is 22.4 Å². The summed E-state index contributed by atoms with van der Waals surface area (Å²) in [6, 6.07) is 7.74. The number of nitrogens with zero attached hydrogens (tertiary/aromatic N) is 1. The average molecular weight is 308 g/mol. The molecule has 0 saturated heterocycles. The number of aromatic nitrogens is 2. The third-order valence-electron chi connectivity index (χ3n) is 2.58. The average Bonchev–Trinajstić information content (AvgIpc) is 2.85. The Labute approximate surface area is 114 Å². The Bertz CT molecular complexity index is 511. The van der Waals surface area contributed by atoms with E-state index in [1.807, 2.05) is 24.3 Å². The minimum atomic E-state index is 0.0291. The van der Waals surface area contributed by atoms with Gasteiger partial charge in [0.15, 0.2) is 0 Å². The van der Waals surface area contributed by atoms with Crippen molar-refractivity contribution in [3.8, 4) is 0 Å². The van der Waals surface area contributed by atoms with Crippen molar-refractivity contribution in [2.45, 2.75) is 12.8 Å². The first kappa shape index (κ1) is 12.8. The highest BCUT2D eigenvalue weighted by Crippen LogP contribution is 2.16. The number of hydrogen-bond donors (Lipinski definition) is 2. The number of halogens is 1. The van der Waals surface area contributed by atoms with E-state index in [1.54, 1.807) is 12.5 Å². The molecule has 0 aliphatic heterocycles. The first-order chi connectivity index (χ1) is 8.75. The summed E-state index contributed by atoms with van der Waals surface area (Å²) in [5, 5.41) is 2.89. The predicted molar refractivity (Wildman–Crippen MR) is 73.1 cm³/mol. The molecule has 0 saturated carbocycles. The standard InChI is InChI=1S/C13H14BrN3O/c14-12-4-2-1-3-10(12)7-13(18)16-6-5-11-8-15-9-17-11/h1-4,8-9H,5-7H2,(H,15,17)(H,16,18). The van der Waals surface area contributed by atoms with Crippen molar-refractivity contribution in [1.82, 2.24) is 15.3 Å². The van der Waals surface area contributed by atoms with Crippen molar-refractivity contribution >= 4 is 21.8 Å². The number of carbonyl (C=O) groups is 1. The summed E-state index contributed by atoms with van der Waals surface area (Å²) in [6.45, 7) is 0.617. The van der Waals surface area contributed by atoms with E-state index in [-0.39, 0.29) is 5.91 Å². The molecule has 2 N–H and O–H groups in total. The zero-order valence-electron chi connectivity index (χ0n) is 9.82. The topological polar surface area (TPSA) is 57.8 Å². The monoisotopic (exact) mass is 307 g/mol. The molecular formula is C13H14BrN3O. The Morgan fingerprint density at radius 1 is 1.39 bits per heavy atom. The largest absolute Gasteiger partial charge is 0.355 e. The van der Waals surface area contributed by atoms with Gasteiger partial charge in [0.1, 0.15) is 0 Å². The molecular weight excluding hydrogens is 294 g/mol. The van der Waals surface area contributed by atoms with Crippen molar-refractivity contribution in [1.29, 1.82) is 0 Å². The van der Waals surface area contributed by atoms with E-state index in [1.165, 1.54) is 0 Å². The van der Waals surface area contributed by atoms with Gasteiger partial charge in [-0.2, -0.15) is 0 Å². The maximum atomic E-state index is 11.7. The number of carbonyl (C=O) groups excluding carboxylic acids is 1. The number of aromatic amines is 1. The zero-order valence-corrected chi connectivity index (χ0v) is 11.4. The van der Waals surface area contributed by atoms with Crippen LogP contribution in [0.2, 0.25) is 0 Å². The van der Waals surface area contributed by atoms with Crippen LogP contribution in [0.5, 0.6) is 0 Å². The first-order valence-electron chi connectivity index (χ1n) is 5.73. The van der Waals surface area contributed by atoms with Gasteiger partial charge in [-0.15, -0.1) is 0 Å². The van der Waals surface area contributed by atoms with Gasteiger partial charge in [-0.25, -0.2) is 4.98 Å². The second kappa shape index (κ2) is 6.35. The number of imidazole rings is 1. The van der Waals surface area contributed by atoms with E-state index in [0.717, 1.165) is 22.2 Å². The highest BCUT2D eigenvalue weighted by atomic mass is 79.9. The van der Waals surface area contributed by atoms with Gasteiger partial charge in [0.2, 0.25) is 5.91 Å². The summed E-state index contributed by atoms with van der Waals surface area (Å²) in [5.74, 6) is 0.0291. The molecule has 1 aromatic carbocycles. The first-order valence-corrected chi connectivity index (χ1v) is 6.52. The van der Waals surface area contributed by atoms with Crippen molar-refractivity contribution in [3.05, 3.63) is 52.5 Å². The fourth-order valence-corrected chi connectivity index (χ4v) is 2.06. The minimum Gasteiger partial charge on any atom is -0.355 e. The lowest BCUT2D eigenvalue weighted by Gasteiger charge is -2.05. The van der Waals surface area contributed by atoms with E-state index >= 15 is 0 Å². The van der Waals surface area contributed by atoms with Crippen LogP contribution < -0.4 is 5.32 Å². The van der Waals surface area contributed by atoms with Crippen LogP contribution in [0.3, 0.4) is 0 Å². The second-order valence-corrected chi connectivity index (χ2v) is 4.80. The molecule has 18 heavy (non-hydrogen) atoms. The van der Waals surface area contributed by atoms with Crippen LogP contribution in [0, 0.1) is 0 Å². The molecule has 4 nitrogen and oxygen atoms in total. The highest BCUT2D eigenvalue weighted by molar-refractivity contribution is 9.10. The van der Waals surface area contributed by atoms with Gasteiger partial charge in [0, 0.05) is 29.3 Å². The lowest BCUT2D eigenvalue weighted by Crippen LogP contribution is -2.27. The Kier molecular flexibility index (Phi) is 4.52. The van der Waals surface area contributed by atoms with Crippen molar-refractivity contribution in [2.24, 2.45) is 0 Å². The summed E-state index contributed by atoms with van der Waals surface area (Å²) in [7, 11) is 0. The van der Waals surface area contributed by atoms with Crippen molar-refractivity contribution < 1.29 is 4.79 Å². The SMILES string of the molecule is O=C(Cc1ccccc1Br)NCCc1cnc[nH]1. The summed E-state index contributed by atoms with van der Waals surface area (Å²) in [6.07, 6.45) is 4.56. The maximum Gasteiger partial charge on any atom is 0.224 e. The third-order valence-corrected chi connectivity index (χ3v) is 3.35. The fraction of sp³-hybridized carbons (Fsp3) is 0.231. The quantitative estimate of drug-likeness (QED) is 0.888. The lowest BCUT2D eigenvalue weighted by atomic mass is 10.1. The van der Waals surface area contributed by atoms with Crippen LogP contribution >= 0.6 is 15.9 Å². The van der Waals surface area contributed by atoms with Gasteiger partial charge >= 0.3 is 0 Å². The minimum absolute atomic E-state index is 0.0291. The van der Waals surface area contributed by atoms with E-state index in [9.17, 15) is 4.79 Å². The molecule has 0 fully saturated rings. The molecule has 94 valence electrons. The molecule has 2 rings (SSSR count). The van der Waals surface area contributed by atoms with E-state index < -0.39 is 0 Å². The molecule has 5 heteroatoms. The van der Waals surface area contributed by atoms with Crippen LogP contribution in [0.4, 0.5) is 0 Å². The highest BCUT2D eigenvalue weighted by Gasteiger charge is 2.05. The lowest BCUT2D eigenvalue weighted by molar-refractivity contribution is -0.120. The Balaban J connectivity index is 1.77. The number of hydrogen-bond acceptors (Lipinski definition) is 2. The molecule has 1 amide bonds. The molecule has 2 aromatic rings. The second-order valence-electron chi connectivity index (χ2n) is 3.94. The smallest absolute Gasteiger partial charge is 0.224 e. The number of H-pyrrole nitrogens is 1. The van der Waals surface area contributed by atoms with Gasteiger partial charge in [0.25, 0.3) is 0 Å². The molecule has 0 aliphatic carbocycles. The van der Waals surface area contributed by atoms with Crippen LogP contribution in [0.25, 0.3) is 0 Å². The van der Waals surface area contributed by atoms with Gasteiger partial charge in [-0.05, 0) is 11.6 Å². The molecule has 1 aromatic heterocycles. The van der Waals surface area contributed by atoms with Crippen LogP contribution in [-0.2, 0) is 17.6 Å². The number of nitrogens with one attached hydrogen (secondary N) is 2. The van der Waals surface area contributed by atoms with Crippen LogP contribution in [0.15, 0.2) is 41.3 Å². The predicted octanol–water partition coefficient (Wildman–Crippen LogP) is 2.07. The Morgan fingerprint density at radius 3 is 2.94 bits per heavy atom. The summed E-state index contributed by atoms with van der Waals surface area (Å²) < 4.78 is 0.966. The number of amides is 1. The Morgan fingerprint density at radius 2 is 2.22 bits per heavy atom. The van der Waals surface area contributed by atoms with E-state index in [4.69, 9.17) is 0 Å². The summed E-state index contributed by atoms with van der Waals surface area (Å²) in [4.78, 5) is 18.7. The van der Waals surface area contributed by atoms with Crippen molar-refractivity contribution in [3.63, 3.8) is 0 Å². The normalized spacial score (nSPS) is 10.3. The molecule has 0 unspecified atom stereocenters. The molecule has 1 heterocycles. The van der Waals surface area contributed by atoms with Crippen molar-refractivity contribution in [2.75, 3.05) is 6.54 Å². The number of benzene rings is 1.